The summed E-state index contributed by atoms with van der Waals surface area (Å²) in [7, 11) is -4.12. The zero-order valence-corrected chi connectivity index (χ0v) is 17.0. The third-order valence-electron chi connectivity index (χ3n) is 4.40. The van der Waals surface area contributed by atoms with Gasteiger partial charge in [-0.2, -0.15) is 0 Å². The normalized spacial score (nSPS) is 13.4. The fraction of sp³-hybridized carbons (Fsp3) is 0.350. The van der Waals surface area contributed by atoms with Gasteiger partial charge in [0.15, 0.2) is 14.6 Å². The van der Waals surface area contributed by atoms with Crippen LogP contribution in [0.4, 0.5) is 0 Å². The van der Waals surface area contributed by atoms with E-state index in [1.165, 1.54) is 36.7 Å². The molecule has 0 saturated carbocycles. The molecule has 8 heteroatoms. The van der Waals surface area contributed by atoms with Crippen molar-refractivity contribution in [3.8, 4) is 11.5 Å². The Morgan fingerprint density at radius 2 is 1.43 bits per heavy atom. The fourth-order valence-corrected chi connectivity index (χ4v) is 4.48. The van der Waals surface area contributed by atoms with Crippen molar-refractivity contribution in [2.45, 2.75) is 36.8 Å². The van der Waals surface area contributed by atoms with Gasteiger partial charge in [-0.15, -0.1) is 0 Å². The maximum absolute atomic E-state index is 13.3. The Morgan fingerprint density at radius 3 is 1.86 bits per heavy atom. The maximum atomic E-state index is 13.3. The number of carbonyl (C=O) groups excluding carboxylic acids is 1. The number of sulfone groups is 1. The van der Waals surface area contributed by atoms with Crippen LogP contribution < -0.4 is 15.0 Å². The van der Waals surface area contributed by atoms with Crippen molar-refractivity contribution in [2.75, 3.05) is 13.2 Å². The number of nitrogens with one attached hydrogen (secondary N) is 1. The van der Waals surface area contributed by atoms with Crippen LogP contribution in [0, 0.1) is 0 Å². The highest BCUT2D eigenvalue weighted by molar-refractivity contribution is 7.93. The minimum Gasteiger partial charge on any atom is -0.494 e. The standard InChI is InChI=1S/C20H25NO6S/c1-4-26-16-8-6-15(7-9-16)14-20(3,19(22)21-23)28(24,25)18-12-10-17(11-13-18)27-5-2/h6-13,23H,4-5,14H2,1-3H3,(H,21,22). The van der Waals surface area contributed by atoms with Crippen LogP contribution in [0.2, 0.25) is 0 Å². The molecule has 0 bridgehead atoms. The number of hydrogen-bond acceptors (Lipinski definition) is 6. The Labute approximate surface area is 165 Å². The first-order chi connectivity index (χ1) is 13.3. The van der Waals surface area contributed by atoms with Gasteiger partial charge in [0.25, 0.3) is 5.91 Å². The van der Waals surface area contributed by atoms with Crippen molar-refractivity contribution in [1.29, 1.82) is 0 Å². The van der Waals surface area contributed by atoms with Gasteiger partial charge < -0.3 is 9.47 Å². The first kappa shape index (κ1) is 21.7. The van der Waals surface area contributed by atoms with Crippen molar-refractivity contribution in [1.82, 2.24) is 5.48 Å². The number of benzene rings is 2. The van der Waals surface area contributed by atoms with E-state index in [2.05, 4.69) is 0 Å². The van der Waals surface area contributed by atoms with Crippen LogP contribution >= 0.6 is 0 Å². The minimum absolute atomic E-state index is 0.0343. The van der Waals surface area contributed by atoms with E-state index in [4.69, 9.17) is 9.47 Å². The summed E-state index contributed by atoms with van der Waals surface area (Å²) in [6.45, 7) is 5.94. The number of rotatable bonds is 9. The Morgan fingerprint density at radius 1 is 0.964 bits per heavy atom. The number of carbonyl (C=O) groups is 1. The van der Waals surface area contributed by atoms with E-state index < -0.39 is 20.5 Å². The van der Waals surface area contributed by atoms with Gasteiger partial charge in [-0.05, 0) is 62.7 Å². The molecule has 1 unspecified atom stereocenters. The quantitative estimate of drug-likeness (QED) is 0.490. The maximum Gasteiger partial charge on any atom is 0.265 e. The lowest BCUT2D eigenvalue weighted by Gasteiger charge is -2.27. The molecule has 2 aromatic rings. The number of amides is 1. The van der Waals surface area contributed by atoms with Gasteiger partial charge in [0, 0.05) is 6.42 Å². The molecule has 1 atom stereocenters. The van der Waals surface area contributed by atoms with Gasteiger partial charge in [0.1, 0.15) is 11.5 Å². The predicted octanol–water partition coefficient (Wildman–Crippen LogP) is 2.76. The van der Waals surface area contributed by atoms with Gasteiger partial charge in [0.2, 0.25) is 0 Å². The van der Waals surface area contributed by atoms with Gasteiger partial charge >= 0.3 is 0 Å². The lowest BCUT2D eigenvalue weighted by Crippen LogP contribution is -2.51. The van der Waals surface area contributed by atoms with E-state index in [1.54, 1.807) is 24.3 Å². The summed E-state index contributed by atoms with van der Waals surface area (Å²) in [5, 5.41) is 9.18. The second-order valence-electron chi connectivity index (χ2n) is 6.33. The summed E-state index contributed by atoms with van der Waals surface area (Å²) in [5.41, 5.74) is 2.11. The number of ether oxygens (including phenoxy) is 2. The molecule has 2 aromatic carbocycles. The molecule has 0 fully saturated rings. The molecule has 0 aromatic heterocycles. The smallest absolute Gasteiger partial charge is 0.265 e. The SMILES string of the molecule is CCOc1ccc(CC(C)(C(=O)NO)S(=O)(=O)c2ccc(OCC)cc2)cc1. The Bertz CT molecular complexity index is 893. The average Bonchev–Trinajstić information content (AvgIpc) is 2.69. The molecule has 2 rings (SSSR count). The lowest BCUT2D eigenvalue weighted by molar-refractivity contribution is -0.131. The third kappa shape index (κ3) is 4.45. The summed E-state index contributed by atoms with van der Waals surface area (Å²) >= 11 is 0. The van der Waals surface area contributed by atoms with Gasteiger partial charge in [-0.3, -0.25) is 10.0 Å². The van der Waals surface area contributed by atoms with Gasteiger partial charge in [-0.25, -0.2) is 13.9 Å². The topological polar surface area (TPSA) is 102 Å². The summed E-state index contributed by atoms with van der Waals surface area (Å²) in [4.78, 5) is 12.4. The highest BCUT2D eigenvalue weighted by atomic mass is 32.2. The van der Waals surface area contributed by atoms with E-state index >= 15 is 0 Å². The minimum atomic E-state index is -4.12. The first-order valence-electron chi connectivity index (χ1n) is 8.92. The van der Waals surface area contributed by atoms with Crippen LogP contribution in [-0.4, -0.2) is 37.5 Å². The molecule has 0 spiro atoms. The Balaban J connectivity index is 2.40. The number of hydroxylamine groups is 1. The molecule has 0 aliphatic heterocycles. The van der Waals surface area contributed by atoms with E-state index in [-0.39, 0.29) is 11.3 Å². The van der Waals surface area contributed by atoms with Crippen molar-refractivity contribution in [3.63, 3.8) is 0 Å². The van der Waals surface area contributed by atoms with Crippen LogP contribution in [0.1, 0.15) is 26.3 Å². The average molecular weight is 407 g/mol. The van der Waals surface area contributed by atoms with Crippen molar-refractivity contribution in [2.24, 2.45) is 0 Å². The molecular formula is C20H25NO6S. The van der Waals surface area contributed by atoms with Crippen molar-refractivity contribution in [3.05, 3.63) is 54.1 Å². The molecule has 1 amide bonds. The van der Waals surface area contributed by atoms with Crippen LogP contribution in [0.3, 0.4) is 0 Å². The lowest BCUT2D eigenvalue weighted by atomic mass is 9.99. The molecule has 0 saturated heterocycles. The zero-order chi connectivity index (χ0) is 20.8. The first-order valence-corrected chi connectivity index (χ1v) is 10.4. The van der Waals surface area contributed by atoms with Gasteiger partial charge in [-0.1, -0.05) is 12.1 Å². The van der Waals surface area contributed by atoms with Crippen LogP contribution in [0.25, 0.3) is 0 Å². The van der Waals surface area contributed by atoms with Crippen LogP contribution in [0.5, 0.6) is 11.5 Å². The molecule has 0 aliphatic carbocycles. The summed E-state index contributed by atoms with van der Waals surface area (Å²) in [6.07, 6.45) is -0.124. The van der Waals surface area contributed by atoms with Gasteiger partial charge in [0.05, 0.1) is 18.1 Å². The summed E-state index contributed by atoms with van der Waals surface area (Å²) in [5.74, 6) is 0.172. The molecule has 0 radical (unpaired) electrons. The molecule has 2 N–H and O–H groups in total. The molecule has 152 valence electrons. The molecule has 28 heavy (non-hydrogen) atoms. The fourth-order valence-electron chi connectivity index (χ4n) is 2.82. The second-order valence-corrected chi connectivity index (χ2v) is 8.71. The Hall–Kier alpha value is -2.58. The highest BCUT2D eigenvalue weighted by Gasteiger charge is 2.47. The van der Waals surface area contributed by atoms with Crippen molar-refractivity contribution >= 4 is 15.7 Å². The molecule has 7 nitrogen and oxygen atoms in total. The van der Waals surface area contributed by atoms with E-state index in [9.17, 15) is 18.4 Å². The predicted molar refractivity (Wildman–Crippen MR) is 104 cm³/mol. The van der Waals surface area contributed by atoms with Crippen molar-refractivity contribution < 1.29 is 27.9 Å². The van der Waals surface area contributed by atoms with Crippen LogP contribution in [-0.2, 0) is 21.1 Å². The number of hydrogen-bond donors (Lipinski definition) is 2. The summed E-state index contributed by atoms with van der Waals surface area (Å²) < 4.78 is 35.3. The largest absolute Gasteiger partial charge is 0.494 e. The molecule has 0 heterocycles. The van der Waals surface area contributed by atoms with E-state index in [0.29, 0.717) is 30.3 Å². The summed E-state index contributed by atoms with van der Waals surface area (Å²) in [6, 6.07) is 12.7. The van der Waals surface area contributed by atoms with E-state index in [1.807, 2.05) is 13.8 Å². The molecular weight excluding hydrogens is 382 g/mol. The Kier molecular flexibility index (Phi) is 7.04. The second kappa shape index (κ2) is 9.07. The zero-order valence-electron chi connectivity index (χ0n) is 16.1. The van der Waals surface area contributed by atoms with Crippen LogP contribution in [0.15, 0.2) is 53.4 Å². The monoisotopic (exact) mass is 407 g/mol. The third-order valence-corrected chi connectivity index (χ3v) is 6.80. The highest BCUT2D eigenvalue weighted by Crippen LogP contribution is 2.31. The molecule has 0 aliphatic rings. The van der Waals surface area contributed by atoms with E-state index in [0.717, 1.165) is 0 Å².